The van der Waals surface area contributed by atoms with Crippen molar-refractivity contribution in [1.29, 1.82) is 0 Å². The second-order valence-corrected chi connectivity index (χ2v) is 5.04. The highest BCUT2D eigenvalue weighted by atomic mass is 19.4. The molecule has 0 saturated carbocycles. The van der Waals surface area contributed by atoms with Crippen LogP contribution in [0.5, 0.6) is 0 Å². The van der Waals surface area contributed by atoms with Crippen molar-refractivity contribution < 1.29 is 18.3 Å². The summed E-state index contributed by atoms with van der Waals surface area (Å²) in [5.41, 5.74) is -0.435. The van der Waals surface area contributed by atoms with Crippen LogP contribution in [-0.4, -0.2) is 42.4 Å². The minimum absolute atomic E-state index is 0.0705. The van der Waals surface area contributed by atoms with Crippen molar-refractivity contribution in [2.45, 2.75) is 46.2 Å². The molecule has 0 heterocycles. The smallest absolute Gasteiger partial charge is 0.396 e. The molecule has 0 amide bonds. The van der Waals surface area contributed by atoms with Crippen molar-refractivity contribution >= 4 is 0 Å². The van der Waals surface area contributed by atoms with Crippen molar-refractivity contribution in [2.24, 2.45) is 5.41 Å². The van der Waals surface area contributed by atoms with Crippen LogP contribution in [0.2, 0.25) is 0 Å². The minimum atomic E-state index is -4.17. The van der Waals surface area contributed by atoms with Gasteiger partial charge in [-0.25, -0.2) is 0 Å². The van der Waals surface area contributed by atoms with Gasteiger partial charge in [-0.15, -0.1) is 0 Å². The van der Waals surface area contributed by atoms with Crippen molar-refractivity contribution in [3.8, 4) is 0 Å². The van der Waals surface area contributed by atoms with E-state index in [2.05, 4.69) is 0 Å². The Morgan fingerprint density at radius 1 is 1.06 bits per heavy atom. The van der Waals surface area contributed by atoms with E-state index in [1.807, 2.05) is 20.8 Å². The Morgan fingerprint density at radius 3 is 2.00 bits per heavy atom. The quantitative estimate of drug-likeness (QED) is 0.720. The van der Waals surface area contributed by atoms with E-state index < -0.39 is 18.1 Å². The lowest BCUT2D eigenvalue weighted by Gasteiger charge is -2.34. The van der Waals surface area contributed by atoms with Gasteiger partial charge < -0.3 is 5.11 Å². The molecule has 1 N–H and O–H groups in total. The van der Waals surface area contributed by atoms with Gasteiger partial charge in [0.25, 0.3) is 0 Å². The average molecular weight is 255 g/mol. The van der Waals surface area contributed by atoms with E-state index >= 15 is 0 Å². The Labute approximate surface area is 102 Å². The Kier molecular flexibility index (Phi) is 7.09. The zero-order valence-electron chi connectivity index (χ0n) is 11.0. The summed E-state index contributed by atoms with van der Waals surface area (Å²) in [5, 5.41) is 9.32. The fraction of sp³-hybridized carbons (Fsp3) is 1.00. The van der Waals surface area contributed by atoms with Gasteiger partial charge in [0, 0.05) is 18.6 Å². The van der Waals surface area contributed by atoms with E-state index in [0.717, 1.165) is 12.8 Å². The molecule has 0 bridgehead atoms. The molecule has 17 heavy (non-hydrogen) atoms. The Morgan fingerprint density at radius 2 is 1.65 bits per heavy atom. The Hall–Kier alpha value is -0.290. The first-order chi connectivity index (χ1) is 7.76. The number of rotatable bonds is 8. The first kappa shape index (κ1) is 16.7. The maximum atomic E-state index is 12.4. The number of halogens is 3. The van der Waals surface area contributed by atoms with Crippen LogP contribution in [0, 0.1) is 5.41 Å². The molecule has 0 saturated heterocycles. The molecule has 0 rings (SSSR count). The predicted octanol–water partition coefficient (Wildman–Crippen LogP) is 3.06. The van der Waals surface area contributed by atoms with E-state index in [-0.39, 0.29) is 6.61 Å². The molecule has 0 aromatic carbocycles. The highest BCUT2D eigenvalue weighted by Gasteiger charge is 2.33. The summed E-state index contributed by atoms with van der Waals surface area (Å²) < 4.78 is 37.2. The number of nitrogens with zero attached hydrogens (tertiary/aromatic N) is 1. The lowest BCUT2D eigenvalue weighted by molar-refractivity contribution is -0.150. The summed E-state index contributed by atoms with van der Waals surface area (Å²) in [5.74, 6) is 0. The fourth-order valence-corrected chi connectivity index (χ4v) is 2.14. The third-order valence-corrected chi connectivity index (χ3v) is 2.78. The molecule has 0 aliphatic heterocycles. The van der Waals surface area contributed by atoms with Gasteiger partial charge >= 0.3 is 6.18 Å². The molecule has 1 unspecified atom stereocenters. The molecular formula is C12H24F3NO. The van der Waals surface area contributed by atoms with Gasteiger partial charge in [-0.05, 0) is 19.4 Å². The normalized spacial score (nSPS) is 16.2. The van der Waals surface area contributed by atoms with Crippen LogP contribution in [0.4, 0.5) is 13.2 Å². The van der Waals surface area contributed by atoms with Crippen LogP contribution in [0.25, 0.3) is 0 Å². The summed E-state index contributed by atoms with van der Waals surface area (Å²) in [7, 11) is 0. The van der Waals surface area contributed by atoms with Crippen LogP contribution in [0.1, 0.15) is 40.0 Å². The van der Waals surface area contributed by atoms with Crippen molar-refractivity contribution in [2.75, 3.05) is 26.2 Å². The third-order valence-electron chi connectivity index (χ3n) is 2.78. The van der Waals surface area contributed by atoms with E-state index in [4.69, 9.17) is 0 Å². The molecule has 1 atom stereocenters. The third kappa shape index (κ3) is 7.60. The van der Waals surface area contributed by atoms with Crippen LogP contribution in [-0.2, 0) is 0 Å². The number of aliphatic hydroxyl groups is 1. The van der Waals surface area contributed by atoms with Crippen molar-refractivity contribution in [3.63, 3.8) is 0 Å². The summed E-state index contributed by atoms with van der Waals surface area (Å²) >= 11 is 0. The molecule has 2 nitrogen and oxygen atoms in total. The van der Waals surface area contributed by atoms with Gasteiger partial charge in [0.2, 0.25) is 0 Å². The summed E-state index contributed by atoms with van der Waals surface area (Å²) in [6, 6.07) is 0. The van der Waals surface area contributed by atoms with E-state index in [9.17, 15) is 18.3 Å². The molecule has 0 aliphatic carbocycles. The molecule has 5 heteroatoms. The second kappa shape index (κ2) is 7.21. The van der Waals surface area contributed by atoms with Crippen LogP contribution < -0.4 is 0 Å². The highest BCUT2D eigenvalue weighted by molar-refractivity contribution is 4.78. The molecule has 104 valence electrons. The zero-order valence-corrected chi connectivity index (χ0v) is 11.0. The molecular weight excluding hydrogens is 231 g/mol. The zero-order chi connectivity index (χ0) is 13.5. The Balaban J connectivity index is 4.50. The molecule has 0 aromatic heterocycles. The van der Waals surface area contributed by atoms with Crippen LogP contribution in [0.15, 0.2) is 0 Å². The summed E-state index contributed by atoms with van der Waals surface area (Å²) in [4.78, 5) is 1.39. The predicted molar refractivity (Wildman–Crippen MR) is 62.9 cm³/mol. The van der Waals surface area contributed by atoms with Crippen molar-refractivity contribution in [3.05, 3.63) is 0 Å². The lowest BCUT2D eigenvalue weighted by Crippen LogP contribution is -2.43. The molecule has 0 spiro atoms. The fourth-order valence-electron chi connectivity index (χ4n) is 2.14. The maximum Gasteiger partial charge on any atom is 0.401 e. The van der Waals surface area contributed by atoms with Crippen molar-refractivity contribution in [1.82, 2.24) is 4.90 Å². The molecule has 0 fully saturated rings. The standard InChI is InChI=1S/C12H24F3NO/c1-4-6-11(3,10-17)8-16(7-5-2)9-12(13,14)15/h17H,4-10H2,1-3H3. The molecule has 0 radical (unpaired) electrons. The SMILES string of the molecule is CCCN(CC(F)(F)F)CC(C)(CO)CCC. The molecule has 0 aromatic rings. The number of hydrogen-bond donors (Lipinski definition) is 1. The minimum Gasteiger partial charge on any atom is -0.396 e. The summed E-state index contributed by atoms with van der Waals surface area (Å²) in [6.45, 7) is 5.43. The monoisotopic (exact) mass is 255 g/mol. The van der Waals surface area contributed by atoms with Gasteiger partial charge in [0.05, 0.1) is 6.54 Å². The van der Waals surface area contributed by atoms with Gasteiger partial charge in [-0.2, -0.15) is 13.2 Å². The van der Waals surface area contributed by atoms with E-state index in [1.165, 1.54) is 4.90 Å². The average Bonchev–Trinajstić information content (AvgIpc) is 2.15. The highest BCUT2D eigenvalue weighted by Crippen LogP contribution is 2.26. The largest absolute Gasteiger partial charge is 0.401 e. The van der Waals surface area contributed by atoms with Crippen LogP contribution in [0.3, 0.4) is 0 Å². The first-order valence-corrected chi connectivity index (χ1v) is 6.16. The van der Waals surface area contributed by atoms with Gasteiger partial charge in [0.1, 0.15) is 0 Å². The van der Waals surface area contributed by atoms with Gasteiger partial charge in [-0.1, -0.05) is 27.2 Å². The summed E-state index contributed by atoms with van der Waals surface area (Å²) in [6.07, 6.45) is -1.88. The number of aliphatic hydroxyl groups excluding tert-OH is 1. The molecule has 0 aliphatic rings. The maximum absolute atomic E-state index is 12.4. The number of alkyl halides is 3. The van der Waals surface area contributed by atoms with E-state index in [0.29, 0.717) is 19.5 Å². The lowest BCUT2D eigenvalue weighted by atomic mass is 9.86. The number of hydrogen-bond acceptors (Lipinski definition) is 2. The topological polar surface area (TPSA) is 23.5 Å². The van der Waals surface area contributed by atoms with Gasteiger partial charge in [0.15, 0.2) is 0 Å². The Bertz CT molecular complexity index is 208. The first-order valence-electron chi connectivity index (χ1n) is 6.16. The van der Waals surface area contributed by atoms with Crippen LogP contribution >= 0.6 is 0 Å². The second-order valence-electron chi connectivity index (χ2n) is 5.04. The van der Waals surface area contributed by atoms with Gasteiger partial charge in [-0.3, -0.25) is 4.90 Å². The van der Waals surface area contributed by atoms with E-state index in [1.54, 1.807) is 0 Å².